The van der Waals surface area contributed by atoms with E-state index in [1.54, 1.807) is 18.3 Å². The largest absolute Gasteiger partial charge is 0.477 e. The Bertz CT molecular complexity index is 1290. The fourth-order valence-corrected chi connectivity index (χ4v) is 3.00. The van der Waals surface area contributed by atoms with E-state index < -0.39 is 11.6 Å². The summed E-state index contributed by atoms with van der Waals surface area (Å²) >= 11 is 0. The molecule has 33 heavy (non-hydrogen) atoms. The van der Waals surface area contributed by atoms with Gasteiger partial charge in [-0.15, -0.1) is 0 Å². The molecule has 3 heterocycles. The number of benzene rings is 1. The molecule has 4 aromatic rings. The summed E-state index contributed by atoms with van der Waals surface area (Å²) in [6, 6.07) is 7.25. The van der Waals surface area contributed by atoms with E-state index in [1.807, 2.05) is 0 Å². The van der Waals surface area contributed by atoms with Gasteiger partial charge in [0.15, 0.2) is 11.6 Å². The van der Waals surface area contributed by atoms with Gasteiger partial charge in [-0.3, -0.25) is 0 Å². The summed E-state index contributed by atoms with van der Waals surface area (Å²) < 4.78 is 38.8. The van der Waals surface area contributed by atoms with Gasteiger partial charge in [-0.1, -0.05) is 11.2 Å². The normalized spacial score (nSPS) is 13.2. The highest BCUT2D eigenvalue weighted by atomic mass is 19.2. The quantitative estimate of drug-likeness (QED) is 0.445. The number of pyridine rings is 1. The molecule has 1 aliphatic rings. The Morgan fingerprint density at radius 2 is 1.94 bits per heavy atom. The van der Waals surface area contributed by atoms with Gasteiger partial charge in [0, 0.05) is 19.3 Å². The first-order chi connectivity index (χ1) is 16.0. The highest BCUT2D eigenvalue weighted by molar-refractivity contribution is 5.61. The third-order valence-electron chi connectivity index (χ3n) is 5.01. The first-order valence-corrected chi connectivity index (χ1v) is 10.1. The van der Waals surface area contributed by atoms with Gasteiger partial charge in [0.05, 0.1) is 17.9 Å². The van der Waals surface area contributed by atoms with Crippen molar-refractivity contribution in [1.29, 1.82) is 0 Å². The zero-order valence-corrected chi connectivity index (χ0v) is 17.4. The minimum Gasteiger partial charge on any atom is -0.477 e. The van der Waals surface area contributed by atoms with E-state index >= 15 is 0 Å². The second-order valence-electron chi connectivity index (χ2n) is 7.51. The number of aromatic nitrogens is 6. The second-order valence-corrected chi connectivity index (χ2v) is 7.51. The Morgan fingerprint density at radius 3 is 2.70 bits per heavy atom. The molecule has 12 heteroatoms. The molecule has 0 amide bonds. The van der Waals surface area contributed by atoms with Crippen molar-refractivity contribution in [3.05, 3.63) is 48.2 Å². The molecular formula is C21H18F2N8O2. The monoisotopic (exact) mass is 452 g/mol. The molecule has 3 aromatic heterocycles. The number of nitrogen functional groups attached to an aromatic ring is 1. The van der Waals surface area contributed by atoms with Crippen LogP contribution in [0.5, 0.6) is 5.88 Å². The minimum absolute atomic E-state index is 0.00788. The number of hydrogen-bond donors (Lipinski definition) is 1. The van der Waals surface area contributed by atoms with Gasteiger partial charge < -0.3 is 19.9 Å². The summed E-state index contributed by atoms with van der Waals surface area (Å²) in [7, 11) is 1.47. The van der Waals surface area contributed by atoms with Crippen molar-refractivity contribution in [2.45, 2.75) is 12.8 Å². The van der Waals surface area contributed by atoms with Crippen molar-refractivity contribution in [3.63, 3.8) is 0 Å². The molecule has 0 bridgehead atoms. The molecule has 1 aromatic carbocycles. The topological polar surface area (TPSA) is 129 Å². The highest BCUT2D eigenvalue weighted by Crippen LogP contribution is 2.30. The lowest BCUT2D eigenvalue weighted by atomic mass is 10.3. The predicted molar refractivity (Wildman–Crippen MR) is 113 cm³/mol. The summed E-state index contributed by atoms with van der Waals surface area (Å²) in [4.78, 5) is 22.0. The first-order valence-electron chi connectivity index (χ1n) is 10.1. The van der Waals surface area contributed by atoms with Crippen LogP contribution in [0, 0.1) is 17.6 Å². The van der Waals surface area contributed by atoms with Crippen molar-refractivity contribution in [1.82, 2.24) is 30.1 Å². The number of hydrogen-bond acceptors (Lipinski definition) is 10. The zero-order chi connectivity index (χ0) is 22.9. The molecule has 0 saturated heterocycles. The molecule has 0 unspecified atom stereocenters. The second kappa shape index (κ2) is 8.37. The Morgan fingerprint density at radius 1 is 1.09 bits per heavy atom. The number of nitrogens with zero attached hydrogens (tertiary/aromatic N) is 7. The summed E-state index contributed by atoms with van der Waals surface area (Å²) in [6.07, 6.45) is 3.95. The SMILES string of the molecule is CN(c1nc(N)nc(-c2noc(-c3ccc(OCC4CC4)nc3)n2)n1)c1cccc(F)c1F. The smallest absolute Gasteiger partial charge is 0.259 e. The van der Waals surface area contributed by atoms with Gasteiger partial charge in [-0.2, -0.15) is 19.9 Å². The van der Waals surface area contributed by atoms with E-state index in [0.29, 0.717) is 24.0 Å². The number of rotatable bonds is 7. The van der Waals surface area contributed by atoms with Crippen LogP contribution in [0.15, 0.2) is 41.1 Å². The Hall–Kier alpha value is -4.22. The maximum atomic E-state index is 14.2. The average Bonchev–Trinajstić information content (AvgIpc) is 3.52. The van der Waals surface area contributed by atoms with E-state index in [-0.39, 0.29) is 35.1 Å². The van der Waals surface area contributed by atoms with Gasteiger partial charge in [-0.05, 0) is 37.0 Å². The van der Waals surface area contributed by atoms with Gasteiger partial charge in [0.1, 0.15) is 0 Å². The van der Waals surface area contributed by atoms with Crippen LogP contribution < -0.4 is 15.4 Å². The molecule has 168 valence electrons. The van der Waals surface area contributed by atoms with Crippen LogP contribution in [0.3, 0.4) is 0 Å². The van der Waals surface area contributed by atoms with Crippen LogP contribution in [0.25, 0.3) is 23.1 Å². The predicted octanol–water partition coefficient (Wildman–Crippen LogP) is 3.40. The van der Waals surface area contributed by atoms with Gasteiger partial charge in [-0.25, -0.2) is 13.8 Å². The lowest BCUT2D eigenvalue weighted by Crippen LogP contribution is -2.17. The van der Waals surface area contributed by atoms with Gasteiger partial charge in [0.25, 0.3) is 5.89 Å². The Kier molecular flexibility index (Phi) is 5.24. The molecule has 10 nitrogen and oxygen atoms in total. The molecule has 1 saturated carbocycles. The standard InChI is InChI=1S/C21H18F2N8O2/c1-31(14-4-2-3-13(22)16(14)23)21-28-17(27-20(24)29-21)18-26-19(33-30-18)12-7-8-15(25-9-12)32-10-11-5-6-11/h2-4,7-9,11H,5-6,10H2,1H3,(H2,24,27,28,29). The van der Waals surface area contributed by atoms with Crippen LogP contribution in [0.1, 0.15) is 12.8 Å². The summed E-state index contributed by atoms with van der Waals surface area (Å²) in [5, 5.41) is 3.89. The third kappa shape index (κ3) is 4.40. The van der Waals surface area contributed by atoms with Crippen LogP contribution >= 0.6 is 0 Å². The lowest BCUT2D eigenvalue weighted by Gasteiger charge is -2.18. The summed E-state index contributed by atoms with van der Waals surface area (Å²) in [5.41, 5.74) is 6.31. The van der Waals surface area contributed by atoms with Crippen LogP contribution in [0.2, 0.25) is 0 Å². The van der Waals surface area contributed by atoms with Crippen LogP contribution in [0.4, 0.5) is 26.4 Å². The van der Waals surface area contributed by atoms with Crippen molar-refractivity contribution in [2.75, 3.05) is 24.3 Å². The van der Waals surface area contributed by atoms with E-state index in [9.17, 15) is 8.78 Å². The van der Waals surface area contributed by atoms with Crippen molar-refractivity contribution in [3.8, 4) is 29.0 Å². The molecule has 0 spiro atoms. The molecule has 0 atom stereocenters. The fraction of sp³-hybridized carbons (Fsp3) is 0.238. The summed E-state index contributed by atoms with van der Waals surface area (Å²) in [5.74, 6) is -0.822. The lowest BCUT2D eigenvalue weighted by molar-refractivity contribution is 0.288. The van der Waals surface area contributed by atoms with Gasteiger partial charge >= 0.3 is 0 Å². The van der Waals surface area contributed by atoms with Crippen LogP contribution in [-0.2, 0) is 0 Å². The zero-order valence-electron chi connectivity index (χ0n) is 17.4. The number of anilines is 3. The molecule has 2 N–H and O–H groups in total. The van der Waals surface area contributed by atoms with E-state index in [2.05, 4.69) is 30.1 Å². The highest BCUT2D eigenvalue weighted by Gasteiger charge is 2.22. The van der Waals surface area contributed by atoms with Crippen molar-refractivity contribution < 1.29 is 18.0 Å². The van der Waals surface area contributed by atoms with E-state index in [1.165, 1.54) is 36.9 Å². The maximum Gasteiger partial charge on any atom is 0.259 e. The minimum atomic E-state index is -1.04. The van der Waals surface area contributed by atoms with Crippen molar-refractivity contribution >= 4 is 17.6 Å². The summed E-state index contributed by atoms with van der Waals surface area (Å²) in [6.45, 7) is 0.661. The molecule has 1 aliphatic carbocycles. The molecule has 5 rings (SSSR count). The number of ether oxygens (including phenoxy) is 1. The van der Waals surface area contributed by atoms with E-state index in [4.69, 9.17) is 15.0 Å². The Balaban J connectivity index is 1.39. The van der Waals surface area contributed by atoms with Gasteiger partial charge in [0.2, 0.25) is 29.4 Å². The third-order valence-corrected chi connectivity index (χ3v) is 5.01. The average molecular weight is 452 g/mol. The number of halogens is 2. The van der Waals surface area contributed by atoms with Crippen molar-refractivity contribution in [2.24, 2.45) is 5.92 Å². The first kappa shape index (κ1) is 20.7. The molecule has 0 radical (unpaired) electrons. The fourth-order valence-electron chi connectivity index (χ4n) is 3.00. The molecule has 0 aliphatic heterocycles. The molecule has 1 fully saturated rings. The van der Waals surface area contributed by atoms with Crippen LogP contribution in [-0.4, -0.2) is 43.7 Å². The maximum absolute atomic E-state index is 14.2. The Labute approximate surface area is 186 Å². The number of nitrogens with two attached hydrogens (primary N) is 1. The molecular weight excluding hydrogens is 434 g/mol. The van der Waals surface area contributed by atoms with E-state index in [0.717, 1.165) is 6.07 Å².